The van der Waals surface area contributed by atoms with Crippen LogP contribution in [0.4, 0.5) is 0 Å². The molecule has 0 atom stereocenters. The summed E-state index contributed by atoms with van der Waals surface area (Å²) in [7, 11) is 0. The van der Waals surface area contributed by atoms with Crippen molar-refractivity contribution in [2.45, 2.75) is 39.2 Å². The quantitative estimate of drug-likeness (QED) is 0.836. The summed E-state index contributed by atoms with van der Waals surface area (Å²) in [5.74, 6) is 0.948. The molecule has 0 radical (unpaired) electrons. The van der Waals surface area contributed by atoms with Gasteiger partial charge in [-0.1, -0.05) is 50.2 Å². The van der Waals surface area contributed by atoms with Crippen molar-refractivity contribution in [1.29, 1.82) is 0 Å². The molecule has 2 rings (SSSR count). The molecule has 1 aromatic carbocycles. The molecule has 1 aliphatic rings. The summed E-state index contributed by atoms with van der Waals surface area (Å²) in [4.78, 5) is 3.04. The fraction of sp³-hybridized carbons (Fsp3) is 0.562. The Morgan fingerprint density at radius 2 is 2.11 bits per heavy atom. The second-order valence-electron chi connectivity index (χ2n) is 5.57. The Labute approximate surface area is 122 Å². The van der Waals surface area contributed by atoms with Crippen LogP contribution in [0.5, 0.6) is 0 Å². The van der Waals surface area contributed by atoms with E-state index in [1.807, 2.05) is 12.1 Å². The number of likely N-dealkylation sites (tertiary alicyclic amines) is 1. The highest BCUT2D eigenvalue weighted by molar-refractivity contribution is 7.80. The number of rotatable bonds is 5. The highest BCUT2D eigenvalue weighted by Gasteiger charge is 2.18. The maximum atomic E-state index is 5.69. The Hall–Kier alpha value is -0.930. The summed E-state index contributed by atoms with van der Waals surface area (Å²) in [5, 5.41) is 0. The molecule has 0 saturated carbocycles. The smallest absolute Gasteiger partial charge is 0.103 e. The number of hydrogen-bond acceptors (Lipinski definition) is 2. The first-order chi connectivity index (χ1) is 9.19. The molecule has 1 heterocycles. The van der Waals surface area contributed by atoms with Gasteiger partial charge in [-0.25, -0.2) is 0 Å². The zero-order valence-electron chi connectivity index (χ0n) is 11.8. The standard InChI is InChI=1S/C16H24N2S/c1-2-4-13-7-9-18(10-8-13)12-14-5-3-6-15(11-14)16(17)19/h3,5-6,11,13H,2,4,7-10,12H2,1H3,(H2,17,19). The lowest BCUT2D eigenvalue weighted by Gasteiger charge is -2.31. The lowest BCUT2D eigenvalue weighted by atomic mass is 9.92. The molecule has 1 saturated heterocycles. The third-order valence-electron chi connectivity index (χ3n) is 4.02. The van der Waals surface area contributed by atoms with Gasteiger partial charge in [0.1, 0.15) is 4.99 Å². The Morgan fingerprint density at radius 3 is 2.74 bits per heavy atom. The van der Waals surface area contributed by atoms with Crippen molar-refractivity contribution in [3.8, 4) is 0 Å². The summed E-state index contributed by atoms with van der Waals surface area (Å²) in [6, 6.07) is 8.33. The van der Waals surface area contributed by atoms with Crippen LogP contribution in [-0.4, -0.2) is 23.0 Å². The normalized spacial score (nSPS) is 17.5. The number of piperidine rings is 1. The lowest BCUT2D eigenvalue weighted by molar-refractivity contribution is 0.172. The minimum atomic E-state index is 0.489. The number of nitrogens with two attached hydrogens (primary N) is 1. The van der Waals surface area contributed by atoms with E-state index in [9.17, 15) is 0 Å². The predicted molar refractivity (Wildman–Crippen MR) is 85.2 cm³/mol. The van der Waals surface area contributed by atoms with Crippen LogP contribution in [0.25, 0.3) is 0 Å². The highest BCUT2D eigenvalue weighted by atomic mass is 32.1. The van der Waals surface area contributed by atoms with Gasteiger partial charge in [-0.3, -0.25) is 4.90 Å². The summed E-state index contributed by atoms with van der Waals surface area (Å²) in [6.07, 6.45) is 5.41. The van der Waals surface area contributed by atoms with Crippen molar-refractivity contribution < 1.29 is 0 Å². The first-order valence-corrected chi connectivity index (χ1v) is 7.71. The first-order valence-electron chi connectivity index (χ1n) is 7.30. The van der Waals surface area contributed by atoms with E-state index in [0.29, 0.717) is 4.99 Å². The molecule has 1 aromatic rings. The minimum Gasteiger partial charge on any atom is -0.389 e. The number of thiocarbonyl (C=S) groups is 1. The van der Waals surface area contributed by atoms with Crippen LogP contribution in [0.15, 0.2) is 24.3 Å². The zero-order chi connectivity index (χ0) is 13.7. The molecule has 1 fully saturated rings. The van der Waals surface area contributed by atoms with Gasteiger partial charge in [-0.15, -0.1) is 0 Å². The molecule has 19 heavy (non-hydrogen) atoms. The monoisotopic (exact) mass is 276 g/mol. The van der Waals surface area contributed by atoms with E-state index in [2.05, 4.69) is 24.0 Å². The van der Waals surface area contributed by atoms with Gasteiger partial charge < -0.3 is 5.73 Å². The Balaban J connectivity index is 1.88. The van der Waals surface area contributed by atoms with Crippen molar-refractivity contribution >= 4 is 17.2 Å². The fourth-order valence-corrected chi connectivity index (χ4v) is 3.05. The molecule has 2 N–H and O–H groups in total. The minimum absolute atomic E-state index is 0.489. The van der Waals surface area contributed by atoms with Crippen LogP contribution in [-0.2, 0) is 6.54 Å². The van der Waals surface area contributed by atoms with Crippen LogP contribution >= 0.6 is 12.2 Å². The number of hydrogen-bond donors (Lipinski definition) is 1. The molecule has 1 aliphatic heterocycles. The van der Waals surface area contributed by atoms with Crippen LogP contribution < -0.4 is 5.73 Å². The SMILES string of the molecule is CCCC1CCN(Cc2cccc(C(N)=S)c2)CC1. The zero-order valence-corrected chi connectivity index (χ0v) is 12.6. The van der Waals surface area contributed by atoms with Gasteiger partial charge in [0, 0.05) is 12.1 Å². The molecular formula is C16H24N2S. The maximum absolute atomic E-state index is 5.69. The van der Waals surface area contributed by atoms with Crippen molar-refractivity contribution in [2.24, 2.45) is 11.7 Å². The van der Waals surface area contributed by atoms with Crippen LogP contribution in [0.3, 0.4) is 0 Å². The number of nitrogens with zero attached hydrogens (tertiary/aromatic N) is 1. The Morgan fingerprint density at radius 1 is 1.37 bits per heavy atom. The molecule has 0 spiro atoms. The molecule has 0 amide bonds. The molecule has 0 aromatic heterocycles. The van der Waals surface area contributed by atoms with Crippen LogP contribution in [0.2, 0.25) is 0 Å². The summed E-state index contributed by atoms with van der Waals surface area (Å²) in [5.41, 5.74) is 7.98. The van der Waals surface area contributed by atoms with E-state index < -0.39 is 0 Å². The Bertz CT molecular complexity index is 423. The van der Waals surface area contributed by atoms with Crippen molar-refractivity contribution in [3.05, 3.63) is 35.4 Å². The molecule has 0 unspecified atom stereocenters. The Kier molecular flexibility index (Phi) is 5.34. The molecule has 3 heteroatoms. The first kappa shape index (κ1) is 14.5. The van der Waals surface area contributed by atoms with Crippen molar-refractivity contribution in [3.63, 3.8) is 0 Å². The highest BCUT2D eigenvalue weighted by Crippen LogP contribution is 2.22. The third-order valence-corrected chi connectivity index (χ3v) is 4.26. The van der Waals surface area contributed by atoms with Gasteiger partial charge in [0.25, 0.3) is 0 Å². The molecule has 104 valence electrons. The van der Waals surface area contributed by atoms with Crippen LogP contribution in [0.1, 0.15) is 43.7 Å². The number of benzene rings is 1. The third kappa shape index (κ3) is 4.29. The van der Waals surface area contributed by atoms with E-state index in [-0.39, 0.29) is 0 Å². The van der Waals surface area contributed by atoms with E-state index in [1.165, 1.54) is 44.3 Å². The predicted octanol–water partition coefficient (Wildman–Crippen LogP) is 3.33. The van der Waals surface area contributed by atoms with Gasteiger partial charge in [0.2, 0.25) is 0 Å². The second-order valence-corrected chi connectivity index (χ2v) is 6.01. The lowest BCUT2D eigenvalue weighted by Crippen LogP contribution is -2.33. The van der Waals surface area contributed by atoms with E-state index in [0.717, 1.165) is 18.0 Å². The summed E-state index contributed by atoms with van der Waals surface area (Å²) < 4.78 is 0. The molecule has 0 bridgehead atoms. The molecule has 0 aliphatic carbocycles. The average molecular weight is 276 g/mol. The second kappa shape index (κ2) is 7.01. The van der Waals surface area contributed by atoms with Crippen molar-refractivity contribution in [2.75, 3.05) is 13.1 Å². The van der Waals surface area contributed by atoms with Gasteiger partial charge in [-0.05, 0) is 43.5 Å². The maximum Gasteiger partial charge on any atom is 0.103 e. The van der Waals surface area contributed by atoms with Gasteiger partial charge >= 0.3 is 0 Å². The van der Waals surface area contributed by atoms with E-state index >= 15 is 0 Å². The topological polar surface area (TPSA) is 29.3 Å². The van der Waals surface area contributed by atoms with Gasteiger partial charge in [-0.2, -0.15) is 0 Å². The molecule has 2 nitrogen and oxygen atoms in total. The summed E-state index contributed by atoms with van der Waals surface area (Å²) in [6.45, 7) is 5.76. The largest absolute Gasteiger partial charge is 0.389 e. The van der Waals surface area contributed by atoms with Gasteiger partial charge in [0.15, 0.2) is 0 Å². The van der Waals surface area contributed by atoms with E-state index in [4.69, 9.17) is 18.0 Å². The van der Waals surface area contributed by atoms with E-state index in [1.54, 1.807) is 0 Å². The summed E-state index contributed by atoms with van der Waals surface area (Å²) >= 11 is 5.03. The average Bonchev–Trinajstić information content (AvgIpc) is 2.42. The van der Waals surface area contributed by atoms with Gasteiger partial charge in [0.05, 0.1) is 0 Å². The molecular weight excluding hydrogens is 252 g/mol. The van der Waals surface area contributed by atoms with Crippen molar-refractivity contribution in [1.82, 2.24) is 4.90 Å². The van der Waals surface area contributed by atoms with Crippen LogP contribution in [0, 0.1) is 5.92 Å². The fourth-order valence-electron chi connectivity index (χ4n) is 2.92.